The molecule has 0 bridgehead atoms. The largest absolute Gasteiger partial charge is 0.456 e. The van der Waals surface area contributed by atoms with E-state index in [2.05, 4.69) is 152 Å². The van der Waals surface area contributed by atoms with Crippen LogP contribution in [0.1, 0.15) is 0 Å². The second-order valence-electron chi connectivity index (χ2n) is 14.7. The summed E-state index contributed by atoms with van der Waals surface area (Å²) >= 11 is 0. The Hall–Kier alpha value is -7.89. The van der Waals surface area contributed by atoms with Gasteiger partial charge < -0.3 is 8.83 Å². The van der Waals surface area contributed by atoms with Crippen molar-refractivity contribution in [1.82, 2.24) is 15.0 Å². The molecule has 0 saturated heterocycles. The fourth-order valence-corrected chi connectivity index (χ4v) is 8.57. The summed E-state index contributed by atoms with van der Waals surface area (Å²) in [7, 11) is 0. The van der Waals surface area contributed by atoms with Crippen LogP contribution in [0.3, 0.4) is 0 Å². The SMILES string of the molecule is c1ccc(-c2ccc3cc(-c4nc(-c5cccc(-c6cccc7oc8ccccc8c67)c5)nc(-c5cccc6ccc7oc8ccccc8c7c56)n4)ccc3c2)cc1. The van der Waals surface area contributed by atoms with Crippen molar-refractivity contribution in [2.24, 2.45) is 0 Å². The molecule has 0 radical (unpaired) electrons. The number of furan rings is 2. The first kappa shape index (κ1) is 32.4. The minimum atomic E-state index is 0.590. The van der Waals surface area contributed by atoms with Gasteiger partial charge >= 0.3 is 0 Å². The van der Waals surface area contributed by atoms with Crippen LogP contribution >= 0.6 is 0 Å². The lowest BCUT2D eigenvalue weighted by Crippen LogP contribution is -2.01. The van der Waals surface area contributed by atoms with Crippen LogP contribution in [0.5, 0.6) is 0 Å². The second-order valence-corrected chi connectivity index (χ2v) is 14.7. The molecule has 5 heteroatoms. The first-order valence-electron chi connectivity index (χ1n) is 19.4. The Bertz CT molecular complexity index is 3580. The van der Waals surface area contributed by atoms with Crippen LogP contribution in [0.15, 0.2) is 197 Å². The molecular weight excluding hydrogens is 711 g/mol. The van der Waals surface area contributed by atoms with Gasteiger partial charge in [-0.15, -0.1) is 0 Å². The maximum absolute atomic E-state index is 6.36. The third-order valence-corrected chi connectivity index (χ3v) is 11.3. The lowest BCUT2D eigenvalue weighted by Gasteiger charge is -2.12. The van der Waals surface area contributed by atoms with E-state index < -0.39 is 0 Å². The van der Waals surface area contributed by atoms with Gasteiger partial charge in [0.15, 0.2) is 17.5 Å². The van der Waals surface area contributed by atoms with Gasteiger partial charge in [-0.1, -0.05) is 146 Å². The predicted octanol–water partition coefficient (Wildman–Crippen LogP) is 14.3. The summed E-state index contributed by atoms with van der Waals surface area (Å²) in [6.07, 6.45) is 0. The topological polar surface area (TPSA) is 65.0 Å². The molecule has 0 aliphatic heterocycles. The molecule has 58 heavy (non-hydrogen) atoms. The Balaban J connectivity index is 1.07. The van der Waals surface area contributed by atoms with Crippen LogP contribution in [0.2, 0.25) is 0 Å². The lowest BCUT2D eigenvalue weighted by atomic mass is 9.97. The van der Waals surface area contributed by atoms with Gasteiger partial charge in [0.1, 0.15) is 22.3 Å². The minimum absolute atomic E-state index is 0.590. The van der Waals surface area contributed by atoms with Crippen LogP contribution in [0.25, 0.3) is 122 Å². The van der Waals surface area contributed by atoms with E-state index in [0.717, 1.165) is 93.2 Å². The second kappa shape index (κ2) is 12.8. The molecule has 12 rings (SSSR count). The molecule has 0 saturated carbocycles. The zero-order chi connectivity index (χ0) is 38.2. The van der Waals surface area contributed by atoms with E-state index in [9.17, 15) is 0 Å². The molecule has 5 nitrogen and oxygen atoms in total. The maximum atomic E-state index is 6.36. The lowest BCUT2D eigenvalue weighted by molar-refractivity contribution is 0.668. The van der Waals surface area contributed by atoms with Gasteiger partial charge in [-0.2, -0.15) is 0 Å². The minimum Gasteiger partial charge on any atom is -0.456 e. The average molecular weight is 742 g/mol. The summed E-state index contributed by atoms with van der Waals surface area (Å²) < 4.78 is 12.6. The highest BCUT2D eigenvalue weighted by molar-refractivity contribution is 6.22. The summed E-state index contributed by atoms with van der Waals surface area (Å²) in [6.45, 7) is 0. The van der Waals surface area contributed by atoms with Gasteiger partial charge in [0.2, 0.25) is 0 Å². The summed E-state index contributed by atoms with van der Waals surface area (Å²) in [5, 5.41) is 8.68. The van der Waals surface area contributed by atoms with Gasteiger partial charge in [0, 0.05) is 43.6 Å². The Morgan fingerprint density at radius 3 is 1.60 bits per heavy atom. The van der Waals surface area contributed by atoms with Gasteiger partial charge in [0.05, 0.1) is 0 Å². The van der Waals surface area contributed by atoms with Crippen molar-refractivity contribution in [1.29, 1.82) is 0 Å². The van der Waals surface area contributed by atoms with E-state index in [-0.39, 0.29) is 0 Å². The number of nitrogens with zero attached hydrogens (tertiary/aromatic N) is 3. The molecule has 0 N–H and O–H groups in total. The molecule has 0 unspecified atom stereocenters. The first-order chi connectivity index (χ1) is 28.7. The number of para-hydroxylation sites is 2. The van der Waals surface area contributed by atoms with Gasteiger partial charge in [-0.25, -0.2) is 15.0 Å². The van der Waals surface area contributed by atoms with Crippen molar-refractivity contribution in [2.45, 2.75) is 0 Å². The monoisotopic (exact) mass is 741 g/mol. The van der Waals surface area contributed by atoms with Gasteiger partial charge in [0.25, 0.3) is 0 Å². The van der Waals surface area contributed by atoms with E-state index in [0.29, 0.717) is 17.5 Å². The molecule has 0 spiro atoms. The molecular formula is C53H31N3O2. The van der Waals surface area contributed by atoms with Crippen LogP contribution in [-0.4, -0.2) is 15.0 Å². The highest BCUT2D eigenvalue weighted by atomic mass is 16.3. The first-order valence-corrected chi connectivity index (χ1v) is 19.4. The molecule has 270 valence electrons. The summed E-state index contributed by atoms with van der Waals surface area (Å²) in [4.78, 5) is 15.8. The Kier molecular flexibility index (Phi) is 7.16. The van der Waals surface area contributed by atoms with E-state index in [1.807, 2.05) is 36.4 Å². The summed E-state index contributed by atoms with van der Waals surface area (Å²) in [5.41, 5.74) is 10.6. The van der Waals surface area contributed by atoms with Crippen LogP contribution < -0.4 is 0 Å². The number of aromatic nitrogens is 3. The van der Waals surface area contributed by atoms with E-state index in [1.54, 1.807) is 0 Å². The third kappa shape index (κ3) is 5.21. The normalized spacial score (nSPS) is 11.8. The summed E-state index contributed by atoms with van der Waals surface area (Å²) in [6, 6.07) is 65.1. The number of fused-ring (bicyclic) bond motifs is 9. The molecule has 12 aromatic rings. The smallest absolute Gasteiger partial charge is 0.164 e. The molecule has 3 aromatic heterocycles. The Labute approximate surface area is 332 Å². The van der Waals surface area contributed by atoms with Crippen molar-refractivity contribution in [3.05, 3.63) is 188 Å². The van der Waals surface area contributed by atoms with Crippen molar-refractivity contribution < 1.29 is 8.83 Å². The highest BCUT2D eigenvalue weighted by Gasteiger charge is 2.20. The van der Waals surface area contributed by atoms with Crippen molar-refractivity contribution in [3.8, 4) is 56.4 Å². The number of benzene rings is 9. The number of hydrogen-bond donors (Lipinski definition) is 0. The van der Waals surface area contributed by atoms with Crippen molar-refractivity contribution in [3.63, 3.8) is 0 Å². The molecule has 0 amide bonds. The van der Waals surface area contributed by atoms with E-state index >= 15 is 0 Å². The van der Waals surface area contributed by atoms with E-state index in [4.69, 9.17) is 23.8 Å². The van der Waals surface area contributed by atoms with Crippen LogP contribution in [0, 0.1) is 0 Å². The van der Waals surface area contributed by atoms with Crippen molar-refractivity contribution in [2.75, 3.05) is 0 Å². The third-order valence-electron chi connectivity index (χ3n) is 11.3. The standard InChI is InChI=1S/C53H31N3O2/c1-2-11-32(12-3-1)34-23-24-36-30-39(26-25-35(36)29-34)52-54-51(38-15-8-14-37(31-38)40-18-10-22-46-49(40)41-16-4-6-20-44(41)57-46)55-53(56-52)43-19-9-13-33-27-28-47-50(48(33)43)42-17-5-7-21-45(42)58-47/h1-31H. The zero-order valence-corrected chi connectivity index (χ0v) is 31.1. The highest BCUT2D eigenvalue weighted by Crippen LogP contribution is 2.41. The van der Waals surface area contributed by atoms with E-state index in [1.165, 1.54) is 11.1 Å². The molecule has 0 aliphatic carbocycles. The van der Waals surface area contributed by atoms with Gasteiger partial charge in [-0.05, 0) is 80.9 Å². The summed E-state index contributed by atoms with van der Waals surface area (Å²) in [5.74, 6) is 1.78. The van der Waals surface area contributed by atoms with Crippen molar-refractivity contribution >= 4 is 65.4 Å². The zero-order valence-electron chi connectivity index (χ0n) is 31.1. The molecule has 9 aromatic carbocycles. The Morgan fingerprint density at radius 1 is 0.276 bits per heavy atom. The number of rotatable bonds is 5. The van der Waals surface area contributed by atoms with Gasteiger partial charge in [-0.3, -0.25) is 0 Å². The molecule has 0 fully saturated rings. The molecule has 3 heterocycles. The predicted molar refractivity (Wildman–Crippen MR) is 237 cm³/mol. The molecule has 0 aliphatic rings. The Morgan fingerprint density at radius 2 is 0.810 bits per heavy atom. The maximum Gasteiger partial charge on any atom is 0.164 e. The van der Waals surface area contributed by atoms with Crippen LogP contribution in [0.4, 0.5) is 0 Å². The number of hydrogen-bond acceptors (Lipinski definition) is 5. The average Bonchev–Trinajstić information content (AvgIpc) is 3.87. The fraction of sp³-hybridized carbons (Fsp3) is 0. The molecule has 0 atom stereocenters. The fourth-order valence-electron chi connectivity index (χ4n) is 8.57. The quantitative estimate of drug-likeness (QED) is 0.176. The van der Waals surface area contributed by atoms with Crippen LogP contribution in [-0.2, 0) is 0 Å².